The van der Waals surface area contributed by atoms with Crippen LogP contribution in [0.4, 0.5) is 0 Å². The zero-order valence-corrected chi connectivity index (χ0v) is 9.17. The van der Waals surface area contributed by atoms with E-state index in [-0.39, 0.29) is 0 Å². The molecule has 0 aliphatic heterocycles. The Kier molecular flexibility index (Phi) is 3.72. The number of rotatable bonds is 4. The number of aldehydes is 1. The van der Waals surface area contributed by atoms with Crippen LogP contribution in [-0.2, 0) is 0 Å². The van der Waals surface area contributed by atoms with Crippen LogP contribution in [0.2, 0.25) is 0 Å². The summed E-state index contributed by atoms with van der Waals surface area (Å²) in [6.45, 7) is 3.56. The smallest absolute Gasteiger partial charge is 0.150 e. The second kappa shape index (κ2) is 4.62. The number of hydrogen-bond donors (Lipinski definition) is 1. The molecule has 1 aromatic rings. The van der Waals surface area contributed by atoms with E-state index < -0.39 is 5.60 Å². The van der Waals surface area contributed by atoms with Gasteiger partial charge in [-0.2, -0.15) is 0 Å². The molecule has 76 valence electrons. The van der Waals surface area contributed by atoms with Crippen molar-refractivity contribution >= 4 is 18.0 Å². The third-order valence-corrected chi connectivity index (χ3v) is 3.06. The molecule has 1 rings (SSSR count). The number of aliphatic hydroxyl groups is 1. The van der Waals surface area contributed by atoms with E-state index in [1.165, 1.54) is 0 Å². The van der Waals surface area contributed by atoms with Gasteiger partial charge in [-0.3, -0.25) is 4.79 Å². The number of carbonyl (C=O) groups is 1. The van der Waals surface area contributed by atoms with Crippen LogP contribution in [0.1, 0.15) is 24.2 Å². The van der Waals surface area contributed by atoms with Gasteiger partial charge >= 0.3 is 0 Å². The van der Waals surface area contributed by atoms with Crippen molar-refractivity contribution < 1.29 is 9.90 Å². The zero-order valence-electron chi connectivity index (χ0n) is 8.36. The number of benzene rings is 1. The van der Waals surface area contributed by atoms with Gasteiger partial charge in [0.15, 0.2) is 0 Å². The van der Waals surface area contributed by atoms with E-state index in [0.29, 0.717) is 11.3 Å². The quantitative estimate of drug-likeness (QED) is 0.612. The van der Waals surface area contributed by atoms with E-state index >= 15 is 0 Å². The topological polar surface area (TPSA) is 37.3 Å². The summed E-state index contributed by atoms with van der Waals surface area (Å²) in [5.41, 5.74) is 0.0196. The molecule has 2 nitrogen and oxygen atoms in total. The standard InChI is InChI=1S/C11H14O2S/c1-11(2,13)8-14-10-5-3-9(7-12)4-6-10/h3-7,13H,8H2,1-2H3. The Hall–Kier alpha value is -0.800. The molecule has 0 unspecified atom stereocenters. The lowest BCUT2D eigenvalue weighted by Gasteiger charge is -2.15. The van der Waals surface area contributed by atoms with E-state index in [1.54, 1.807) is 37.7 Å². The first-order valence-corrected chi connectivity index (χ1v) is 5.40. The first kappa shape index (κ1) is 11.3. The first-order valence-electron chi connectivity index (χ1n) is 4.42. The molecule has 0 fully saturated rings. The van der Waals surface area contributed by atoms with E-state index in [2.05, 4.69) is 0 Å². The molecular formula is C11H14O2S. The third-order valence-electron chi connectivity index (χ3n) is 1.61. The maximum atomic E-state index is 10.4. The average molecular weight is 210 g/mol. The van der Waals surface area contributed by atoms with Crippen LogP contribution in [0.25, 0.3) is 0 Å². The zero-order chi connectivity index (χ0) is 10.6. The lowest BCUT2D eigenvalue weighted by Crippen LogP contribution is -2.21. The molecule has 0 spiro atoms. The molecule has 0 bridgehead atoms. The number of thioether (sulfide) groups is 1. The fraction of sp³-hybridized carbons (Fsp3) is 0.364. The second-order valence-corrected chi connectivity index (χ2v) is 4.84. The van der Waals surface area contributed by atoms with E-state index in [9.17, 15) is 9.90 Å². The molecule has 0 heterocycles. The molecule has 14 heavy (non-hydrogen) atoms. The van der Waals surface area contributed by atoms with Gasteiger partial charge < -0.3 is 5.11 Å². The van der Waals surface area contributed by atoms with Gasteiger partial charge in [-0.05, 0) is 26.0 Å². The Balaban J connectivity index is 2.56. The molecular weight excluding hydrogens is 196 g/mol. The van der Waals surface area contributed by atoms with E-state index in [1.807, 2.05) is 12.1 Å². The van der Waals surface area contributed by atoms with E-state index in [4.69, 9.17) is 0 Å². The SMILES string of the molecule is CC(C)(O)CSc1ccc(C=O)cc1. The molecule has 0 radical (unpaired) electrons. The Labute approximate surface area is 88.3 Å². The van der Waals surface area contributed by atoms with Gasteiger partial charge in [0.1, 0.15) is 6.29 Å². The van der Waals surface area contributed by atoms with Crippen LogP contribution in [-0.4, -0.2) is 22.7 Å². The van der Waals surface area contributed by atoms with Crippen LogP contribution >= 0.6 is 11.8 Å². The monoisotopic (exact) mass is 210 g/mol. The van der Waals surface area contributed by atoms with Crippen molar-refractivity contribution in [2.24, 2.45) is 0 Å². The first-order chi connectivity index (χ1) is 6.51. The van der Waals surface area contributed by atoms with Crippen LogP contribution < -0.4 is 0 Å². The second-order valence-electron chi connectivity index (χ2n) is 3.79. The lowest BCUT2D eigenvalue weighted by atomic mass is 10.2. The van der Waals surface area contributed by atoms with Crippen LogP contribution in [0.3, 0.4) is 0 Å². The van der Waals surface area contributed by atoms with Gasteiger partial charge in [-0.25, -0.2) is 0 Å². The highest BCUT2D eigenvalue weighted by Gasteiger charge is 2.12. The van der Waals surface area contributed by atoms with Crippen molar-refractivity contribution in [2.45, 2.75) is 24.3 Å². The van der Waals surface area contributed by atoms with Gasteiger partial charge in [-0.15, -0.1) is 11.8 Å². The minimum atomic E-state index is -0.659. The summed E-state index contributed by atoms with van der Waals surface area (Å²) >= 11 is 1.58. The predicted octanol–water partition coefficient (Wildman–Crippen LogP) is 2.36. The normalized spacial score (nSPS) is 11.4. The van der Waals surface area contributed by atoms with Crippen molar-refractivity contribution in [1.82, 2.24) is 0 Å². The van der Waals surface area contributed by atoms with Gasteiger partial charge in [0.2, 0.25) is 0 Å². The highest BCUT2D eigenvalue weighted by Crippen LogP contribution is 2.22. The van der Waals surface area contributed by atoms with Crippen molar-refractivity contribution in [3.05, 3.63) is 29.8 Å². The summed E-state index contributed by atoms with van der Waals surface area (Å²) in [4.78, 5) is 11.5. The molecule has 1 N–H and O–H groups in total. The molecule has 0 aliphatic carbocycles. The summed E-state index contributed by atoms with van der Waals surface area (Å²) in [6.07, 6.45) is 0.824. The van der Waals surface area contributed by atoms with Crippen molar-refractivity contribution in [3.8, 4) is 0 Å². The summed E-state index contributed by atoms with van der Waals surface area (Å²) in [7, 11) is 0. The summed E-state index contributed by atoms with van der Waals surface area (Å²) < 4.78 is 0. The van der Waals surface area contributed by atoms with Crippen LogP contribution in [0, 0.1) is 0 Å². The van der Waals surface area contributed by atoms with Crippen LogP contribution in [0.15, 0.2) is 29.2 Å². The largest absolute Gasteiger partial charge is 0.390 e. The molecule has 0 saturated heterocycles. The third kappa shape index (κ3) is 3.94. The van der Waals surface area contributed by atoms with Crippen molar-refractivity contribution in [1.29, 1.82) is 0 Å². The minimum Gasteiger partial charge on any atom is -0.390 e. The fourth-order valence-electron chi connectivity index (χ4n) is 0.903. The Morgan fingerprint density at radius 3 is 2.36 bits per heavy atom. The highest BCUT2D eigenvalue weighted by molar-refractivity contribution is 7.99. The van der Waals surface area contributed by atoms with E-state index in [0.717, 1.165) is 11.2 Å². The fourth-order valence-corrected chi connectivity index (χ4v) is 1.75. The molecule has 0 aromatic heterocycles. The molecule has 0 saturated carbocycles. The Bertz CT molecular complexity index is 298. The summed E-state index contributed by atoms with van der Waals surface area (Å²) in [5.74, 6) is 0.646. The number of carbonyl (C=O) groups excluding carboxylic acids is 1. The molecule has 1 aromatic carbocycles. The molecule has 0 amide bonds. The average Bonchev–Trinajstić information content (AvgIpc) is 2.14. The van der Waals surface area contributed by atoms with Gasteiger partial charge in [-0.1, -0.05) is 12.1 Å². The summed E-state index contributed by atoms with van der Waals surface area (Å²) in [6, 6.07) is 7.33. The molecule has 0 aliphatic rings. The molecule has 0 atom stereocenters. The molecule has 3 heteroatoms. The van der Waals surface area contributed by atoms with Crippen LogP contribution in [0.5, 0.6) is 0 Å². The maximum Gasteiger partial charge on any atom is 0.150 e. The summed E-state index contributed by atoms with van der Waals surface area (Å²) in [5, 5.41) is 9.50. The number of hydrogen-bond acceptors (Lipinski definition) is 3. The Morgan fingerprint density at radius 2 is 1.93 bits per heavy atom. The highest BCUT2D eigenvalue weighted by atomic mass is 32.2. The van der Waals surface area contributed by atoms with Gasteiger partial charge in [0.05, 0.1) is 5.60 Å². The predicted molar refractivity (Wildman–Crippen MR) is 58.9 cm³/mol. The lowest BCUT2D eigenvalue weighted by molar-refractivity contribution is 0.107. The van der Waals surface area contributed by atoms with Gasteiger partial charge in [0.25, 0.3) is 0 Å². The van der Waals surface area contributed by atoms with Gasteiger partial charge in [0, 0.05) is 16.2 Å². The Morgan fingerprint density at radius 1 is 1.36 bits per heavy atom. The van der Waals surface area contributed by atoms with Crippen molar-refractivity contribution in [3.63, 3.8) is 0 Å². The minimum absolute atomic E-state index is 0.646. The van der Waals surface area contributed by atoms with Crippen molar-refractivity contribution in [2.75, 3.05) is 5.75 Å². The maximum absolute atomic E-state index is 10.4.